The molecule has 0 amide bonds. The number of aliphatic hydroxyl groups excluding tert-OH is 1. The van der Waals surface area contributed by atoms with Crippen molar-refractivity contribution in [3.8, 4) is 0 Å². The number of benzene rings is 1. The van der Waals surface area contributed by atoms with Crippen LogP contribution in [0.5, 0.6) is 0 Å². The summed E-state index contributed by atoms with van der Waals surface area (Å²) in [7, 11) is 1.83. The van der Waals surface area contributed by atoms with Gasteiger partial charge in [0.15, 0.2) is 0 Å². The monoisotopic (exact) mass is 267 g/mol. The Hall–Kier alpha value is -1.72. The number of carboxylic acid groups (broad SMARTS) is 1. The van der Waals surface area contributed by atoms with Crippen LogP contribution in [0.1, 0.15) is 18.1 Å². The standard InChI is InChI=1S/C14H18FNO3/c1-10(9-17)16(2)8-12-5-11(3-4-14(18)19)6-13(15)7-12/h3-7,10,17H,8-9H2,1-2H3,(H,18,19)/b4-3+. The lowest BCUT2D eigenvalue weighted by Gasteiger charge is -2.22. The Balaban J connectivity index is 2.87. The molecule has 1 aromatic carbocycles. The minimum atomic E-state index is -1.07. The number of hydrogen-bond donors (Lipinski definition) is 2. The van der Waals surface area contributed by atoms with Crippen molar-refractivity contribution in [1.82, 2.24) is 4.90 Å². The van der Waals surface area contributed by atoms with Gasteiger partial charge in [-0.05, 0) is 43.3 Å². The number of carbonyl (C=O) groups is 1. The molecule has 19 heavy (non-hydrogen) atoms. The smallest absolute Gasteiger partial charge is 0.328 e. The van der Waals surface area contributed by atoms with Gasteiger partial charge in [-0.1, -0.05) is 6.07 Å². The van der Waals surface area contributed by atoms with Gasteiger partial charge in [0.25, 0.3) is 0 Å². The molecule has 0 saturated heterocycles. The fourth-order valence-electron chi connectivity index (χ4n) is 1.61. The predicted molar refractivity (Wildman–Crippen MR) is 71.1 cm³/mol. The molecule has 0 heterocycles. The molecule has 1 atom stereocenters. The van der Waals surface area contributed by atoms with Crippen LogP contribution in [0.3, 0.4) is 0 Å². The highest BCUT2D eigenvalue weighted by Crippen LogP contribution is 2.13. The molecule has 1 unspecified atom stereocenters. The minimum Gasteiger partial charge on any atom is -0.478 e. The van der Waals surface area contributed by atoms with Gasteiger partial charge in [0.1, 0.15) is 5.82 Å². The van der Waals surface area contributed by atoms with Crippen LogP contribution >= 0.6 is 0 Å². The van der Waals surface area contributed by atoms with Crippen molar-refractivity contribution >= 4 is 12.0 Å². The van der Waals surface area contributed by atoms with E-state index >= 15 is 0 Å². The number of aliphatic hydroxyl groups is 1. The lowest BCUT2D eigenvalue weighted by Crippen LogP contribution is -2.31. The first kappa shape index (κ1) is 15.3. The van der Waals surface area contributed by atoms with Crippen LogP contribution < -0.4 is 0 Å². The Kier molecular flexibility index (Phi) is 5.66. The van der Waals surface area contributed by atoms with Gasteiger partial charge >= 0.3 is 5.97 Å². The normalized spacial score (nSPS) is 13.1. The highest BCUT2D eigenvalue weighted by Gasteiger charge is 2.09. The third-order valence-electron chi connectivity index (χ3n) is 2.85. The van der Waals surface area contributed by atoms with Crippen LogP contribution in [-0.4, -0.2) is 40.8 Å². The quantitative estimate of drug-likeness (QED) is 0.771. The van der Waals surface area contributed by atoms with Gasteiger partial charge in [0.05, 0.1) is 6.61 Å². The first-order chi connectivity index (χ1) is 8.92. The predicted octanol–water partition coefficient (Wildman–Crippen LogP) is 1.74. The van der Waals surface area contributed by atoms with Crippen LogP contribution in [0.4, 0.5) is 4.39 Å². The number of aliphatic carboxylic acids is 1. The third-order valence-corrected chi connectivity index (χ3v) is 2.85. The number of likely N-dealkylation sites (N-methyl/N-ethyl adjacent to an activating group) is 1. The number of hydrogen-bond acceptors (Lipinski definition) is 3. The Labute approximate surface area is 111 Å². The van der Waals surface area contributed by atoms with Gasteiger partial charge in [-0.15, -0.1) is 0 Å². The average molecular weight is 267 g/mol. The number of halogens is 1. The molecule has 0 fully saturated rings. The Morgan fingerprint density at radius 1 is 1.47 bits per heavy atom. The molecule has 4 nitrogen and oxygen atoms in total. The van der Waals surface area contributed by atoms with Crippen LogP contribution in [-0.2, 0) is 11.3 Å². The van der Waals surface area contributed by atoms with Crippen LogP contribution in [0, 0.1) is 5.82 Å². The van der Waals surface area contributed by atoms with Crippen molar-refractivity contribution in [3.05, 3.63) is 41.2 Å². The van der Waals surface area contributed by atoms with E-state index in [1.54, 1.807) is 6.07 Å². The first-order valence-corrected chi connectivity index (χ1v) is 5.94. The zero-order valence-electron chi connectivity index (χ0n) is 11.0. The maximum absolute atomic E-state index is 13.4. The number of rotatable bonds is 6. The molecular formula is C14H18FNO3. The molecule has 0 aromatic heterocycles. The molecule has 0 aliphatic rings. The third kappa shape index (κ3) is 5.19. The Morgan fingerprint density at radius 2 is 2.16 bits per heavy atom. The fourth-order valence-corrected chi connectivity index (χ4v) is 1.61. The van der Waals surface area contributed by atoms with Crippen molar-refractivity contribution in [2.24, 2.45) is 0 Å². The maximum atomic E-state index is 13.4. The molecule has 5 heteroatoms. The summed E-state index contributed by atoms with van der Waals surface area (Å²) in [5.41, 5.74) is 1.23. The highest BCUT2D eigenvalue weighted by molar-refractivity contribution is 5.85. The summed E-state index contributed by atoms with van der Waals surface area (Å²) in [5, 5.41) is 17.6. The van der Waals surface area contributed by atoms with E-state index in [-0.39, 0.29) is 12.6 Å². The second-order valence-electron chi connectivity index (χ2n) is 4.51. The van der Waals surface area contributed by atoms with Crippen molar-refractivity contribution < 1.29 is 19.4 Å². The summed E-state index contributed by atoms with van der Waals surface area (Å²) >= 11 is 0. The molecule has 0 spiro atoms. The van der Waals surface area contributed by atoms with E-state index in [0.717, 1.165) is 11.6 Å². The zero-order valence-corrected chi connectivity index (χ0v) is 11.0. The van der Waals surface area contributed by atoms with Crippen LogP contribution in [0.15, 0.2) is 24.3 Å². The summed E-state index contributed by atoms with van der Waals surface area (Å²) in [4.78, 5) is 12.3. The lowest BCUT2D eigenvalue weighted by molar-refractivity contribution is -0.131. The summed E-state index contributed by atoms with van der Waals surface area (Å²) in [6, 6.07) is 4.38. The average Bonchev–Trinajstić information content (AvgIpc) is 2.34. The van der Waals surface area contributed by atoms with Gasteiger partial charge in [0, 0.05) is 18.7 Å². The lowest BCUT2D eigenvalue weighted by atomic mass is 10.1. The SMILES string of the molecule is CC(CO)N(C)Cc1cc(F)cc(/C=C/C(=O)O)c1. The summed E-state index contributed by atoms with van der Waals surface area (Å²) < 4.78 is 13.4. The molecule has 1 rings (SSSR count). The summed E-state index contributed by atoms with van der Waals surface area (Å²) in [6.07, 6.45) is 2.32. The Morgan fingerprint density at radius 3 is 2.74 bits per heavy atom. The summed E-state index contributed by atoms with van der Waals surface area (Å²) in [6.45, 7) is 2.37. The highest BCUT2D eigenvalue weighted by atomic mass is 19.1. The largest absolute Gasteiger partial charge is 0.478 e. The van der Waals surface area contributed by atoms with Crippen molar-refractivity contribution in [1.29, 1.82) is 0 Å². The number of nitrogens with zero attached hydrogens (tertiary/aromatic N) is 1. The van der Waals surface area contributed by atoms with E-state index in [1.807, 2.05) is 18.9 Å². The molecule has 0 aliphatic heterocycles. The molecule has 0 saturated carbocycles. The zero-order chi connectivity index (χ0) is 14.4. The number of carboxylic acids is 1. The second kappa shape index (κ2) is 7.01. The topological polar surface area (TPSA) is 60.8 Å². The maximum Gasteiger partial charge on any atom is 0.328 e. The molecular weight excluding hydrogens is 249 g/mol. The van der Waals surface area contributed by atoms with Gasteiger partial charge in [0.2, 0.25) is 0 Å². The second-order valence-corrected chi connectivity index (χ2v) is 4.51. The van der Waals surface area contributed by atoms with Gasteiger partial charge in [-0.3, -0.25) is 4.90 Å². The molecule has 104 valence electrons. The summed E-state index contributed by atoms with van der Waals surface area (Å²) in [5.74, 6) is -1.48. The van der Waals surface area contributed by atoms with E-state index in [9.17, 15) is 9.18 Å². The van der Waals surface area contributed by atoms with Crippen LogP contribution in [0.25, 0.3) is 6.08 Å². The van der Waals surface area contributed by atoms with Crippen molar-refractivity contribution in [3.63, 3.8) is 0 Å². The minimum absolute atomic E-state index is 0.0254. The van der Waals surface area contributed by atoms with E-state index in [0.29, 0.717) is 12.1 Å². The van der Waals surface area contributed by atoms with E-state index in [1.165, 1.54) is 18.2 Å². The molecule has 0 radical (unpaired) electrons. The van der Waals surface area contributed by atoms with E-state index < -0.39 is 11.8 Å². The van der Waals surface area contributed by atoms with Crippen LogP contribution in [0.2, 0.25) is 0 Å². The van der Waals surface area contributed by atoms with Crippen molar-refractivity contribution in [2.75, 3.05) is 13.7 Å². The molecule has 0 bridgehead atoms. The molecule has 0 aliphatic carbocycles. The van der Waals surface area contributed by atoms with Gasteiger partial charge in [-0.25, -0.2) is 9.18 Å². The van der Waals surface area contributed by atoms with Gasteiger partial charge in [-0.2, -0.15) is 0 Å². The molecule has 2 N–H and O–H groups in total. The van der Waals surface area contributed by atoms with E-state index in [2.05, 4.69) is 0 Å². The van der Waals surface area contributed by atoms with Crippen molar-refractivity contribution in [2.45, 2.75) is 19.5 Å². The fraction of sp³-hybridized carbons (Fsp3) is 0.357. The van der Waals surface area contributed by atoms with Gasteiger partial charge < -0.3 is 10.2 Å². The van der Waals surface area contributed by atoms with E-state index in [4.69, 9.17) is 10.2 Å². The molecule has 1 aromatic rings. The first-order valence-electron chi connectivity index (χ1n) is 5.94. The Bertz CT molecular complexity index is 474.